The largest absolute Gasteiger partial charge is 0.494 e. The summed E-state index contributed by atoms with van der Waals surface area (Å²) >= 11 is 6.24. The lowest BCUT2D eigenvalue weighted by Gasteiger charge is -2.18. The van der Waals surface area contributed by atoms with Crippen molar-refractivity contribution >= 4 is 22.5 Å². The molecule has 3 aromatic heterocycles. The molecular formula is C20H20ClN5O. The zero-order valence-corrected chi connectivity index (χ0v) is 15.6. The number of aromatic nitrogens is 4. The number of aromatic hydroxyl groups is 1. The van der Waals surface area contributed by atoms with Crippen molar-refractivity contribution < 1.29 is 5.11 Å². The number of halogens is 1. The number of benzene rings is 1. The molecule has 3 N–H and O–H groups in total. The van der Waals surface area contributed by atoms with Crippen LogP contribution in [0.5, 0.6) is 5.88 Å². The van der Waals surface area contributed by atoms with Crippen molar-refractivity contribution in [3.8, 4) is 17.3 Å². The number of nitrogens with two attached hydrogens (primary N) is 1. The molecule has 0 aliphatic heterocycles. The van der Waals surface area contributed by atoms with Gasteiger partial charge in [-0.05, 0) is 24.1 Å². The smallest absolute Gasteiger partial charge is 0.201 e. The summed E-state index contributed by atoms with van der Waals surface area (Å²) in [6, 6.07) is 13.7. The Labute approximate surface area is 161 Å². The summed E-state index contributed by atoms with van der Waals surface area (Å²) < 4.78 is 3.49. The van der Waals surface area contributed by atoms with Gasteiger partial charge in [-0.1, -0.05) is 41.9 Å². The third-order valence-electron chi connectivity index (χ3n) is 4.79. The highest BCUT2D eigenvalue weighted by Gasteiger charge is 2.19. The molecule has 4 rings (SSSR count). The molecule has 1 aromatic carbocycles. The van der Waals surface area contributed by atoms with Gasteiger partial charge in [0.2, 0.25) is 5.88 Å². The maximum atomic E-state index is 10.7. The molecule has 0 saturated heterocycles. The van der Waals surface area contributed by atoms with Gasteiger partial charge in [-0.2, -0.15) is 5.10 Å². The summed E-state index contributed by atoms with van der Waals surface area (Å²) in [5.41, 5.74) is 9.31. The standard InChI is InChI=1S/C20H20ClN5O/c1-25-19(16(21)11-23-25)17-8-7-15-18(24-17)12-26(20(15)27)14(10-22)9-13-5-3-2-4-6-13/h2-8,11-12,14,27H,9-10,22H2,1H3. The number of pyridine rings is 1. The Morgan fingerprint density at radius 2 is 1.96 bits per heavy atom. The summed E-state index contributed by atoms with van der Waals surface area (Å²) in [6.07, 6.45) is 4.17. The monoisotopic (exact) mass is 381 g/mol. The lowest BCUT2D eigenvalue weighted by Crippen LogP contribution is -2.20. The van der Waals surface area contributed by atoms with Crippen molar-refractivity contribution in [1.29, 1.82) is 0 Å². The number of aryl methyl sites for hydroxylation is 1. The summed E-state index contributed by atoms with van der Waals surface area (Å²) in [5, 5.41) is 16.1. The van der Waals surface area contributed by atoms with Gasteiger partial charge in [0.25, 0.3) is 0 Å². The zero-order valence-electron chi connectivity index (χ0n) is 14.9. The van der Waals surface area contributed by atoms with E-state index in [2.05, 4.69) is 22.2 Å². The van der Waals surface area contributed by atoms with Gasteiger partial charge in [0.1, 0.15) is 5.69 Å². The molecule has 0 spiro atoms. The van der Waals surface area contributed by atoms with Crippen molar-refractivity contribution in [3.63, 3.8) is 0 Å². The molecular weight excluding hydrogens is 362 g/mol. The first-order valence-corrected chi connectivity index (χ1v) is 9.08. The van der Waals surface area contributed by atoms with Crippen LogP contribution in [0.4, 0.5) is 0 Å². The molecule has 3 heterocycles. The Hall–Kier alpha value is -2.83. The number of hydrogen-bond acceptors (Lipinski definition) is 4. The first-order chi connectivity index (χ1) is 13.1. The molecule has 0 bridgehead atoms. The van der Waals surface area contributed by atoms with Gasteiger partial charge in [-0.3, -0.25) is 4.68 Å². The van der Waals surface area contributed by atoms with E-state index in [0.29, 0.717) is 28.2 Å². The summed E-state index contributed by atoms with van der Waals surface area (Å²) in [5.74, 6) is 0.173. The second kappa shape index (κ2) is 7.06. The van der Waals surface area contributed by atoms with E-state index in [1.807, 2.05) is 43.6 Å². The Balaban J connectivity index is 1.75. The molecule has 0 aliphatic carbocycles. The van der Waals surface area contributed by atoms with E-state index >= 15 is 0 Å². The van der Waals surface area contributed by atoms with Gasteiger partial charge in [-0.15, -0.1) is 0 Å². The molecule has 1 unspecified atom stereocenters. The number of nitrogens with zero attached hydrogens (tertiary/aromatic N) is 4. The van der Waals surface area contributed by atoms with Gasteiger partial charge in [-0.25, -0.2) is 4.98 Å². The van der Waals surface area contributed by atoms with E-state index in [0.717, 1.165) is 12.1 Å². The summed E-state index contributed by atoms with van der Waals surface area (Å²) in [6.45, 7) is 0.407. The van der Waals surface area contributed by atoms with Crippen molar-refractivity contribution in [2.45, 2.75) is 12.5 Å². The highest BCUT2D eigenvalue weighted by atomic mass is 35.5. The highest BCUT2D eigenvalue weighted by Crippen LogP contribution is 2.33. The third kappa shape index (κ3) is 3.18. The lowest BCUT2D eigenvalue weighted by atomic mass is 10.1. The predicted molar refractivity (Wildman–Crippen MR) is 107 cm³/mol. The van der Waals surface area contributed by atoms with Gasteiger partial charge < -0.3 is 15.4 Å². The minimum Gasteiger partial charge on any atom is -0.494 e. The Bertz CT molecular complexity index is 1070. The normalized spacial score (nSPS) is 12.6. The molecule has 7 heteroatoms. The minimum absolute atomic E-state index is 0.0645. The summed E-state index contributed by atoms with van der Waals surface area (Å²) in [4.78, 5) is 4.68. The van der Waals surface area contributed by atoms with Crippen LogP contribution in [0.2, 0.25) is 5.02 Å². The van der Waals surface area contributed by atoms with Crippen molar-refractivity contribution in [2.24, 2.45) is 12.8 Å². The molecule has 138 valence electrons. The molecule has 6 nitrogen and oxygen atoms in total. The molecule has 27 heavy (non-hydrogen) atoms. The lowest BCUT2D eigenvalue weighted by molar-refractivity contribution is 0.385. The van der Waals surface area contributed by atoms with Crippen LogP contribution >= 0.6 is 11.6 Å². The van der Waals surface area contributed by atoms with Crippen LogP contribution in [0.25, 0.3) is 22.3 Å². The van der Waals surface area contributed by atoms with E-state index < -0.39 is 0 Å². The predicted octanol–water partition coefficient (Wildman–Crippen LogP) is 3.54. The van der Waals surface area contributed by atoms with Crippen LogP contribution in [0.15, 0.2) is 54.9 Å². The fourth-order valence-electron chi connectivity index (χ4n) is 3.38. The SMILES string of the molecule is Cn1ncc(Cl)c1-c1ccc2c(O)n(C(CN)Cc3ccccc3)cc2n1. The molecule has 0 amide bonds. The van der Waals surface area contributed by atoms with Gasteiger partial charge in [0.05, 0.1) is 33.9 Å². The van der Waals surface area contributed by atoms with Crippen molar-refractivity contribution in [1.82, 2.24) is 19.3 Å². The zero-order chi connectivity index (χ0) is 19.0. The first-order valence-electron chi connectivity index (χ1n) is 8.71. The second-order valence-corrected chi connectivity index (χ2v) is 6.94. The van der Waals surface area contributed by atoms with Gasteiger partial charge in [0, 0.05) is 19.8 Å². The van der Waals surface area contributed by atoms with E-state index in [-0.39, 0.29) is 11.9 Å². The average molecular weight is 382 g/mol. The Morgan fingerprint density at radius 3 is 2.63 bits per heavy atom. The van der Waals surface area contributed by atoms with Crippen molar-refractivity contribution in [3.05, 3.63) is 65.4 Å². The molecule has 0 saturated carbocycles. The van der Waals surface area contributed by atoms with Gasteiger partial charge in [0.15, 0.2) is 0 Å². The van der Waals surface area contributed by atoms with E-state index in [1.165, 1.54) is 5.56 Å². The van der Waals surface area contributed by atoms with Crippen LogP contribution in [0.1, 0.15) is 11.6 Å². The van der Waals surface area contributed by atoms with Crippen LogP contribution in [0, 0.1) is 0 Å². The first kappa shape index (κ1) is 17.6. The Kier molecular flexibility index (Phi) is 4.59. The summed E-state index contributed by atoms with van der Waals surface area (Å²) in [7, 11) is 1.82. The molecule has 4 aromatic rings. The van der Waals surface area contributed by atoms with Crippen LogP contribution in [-0.4, -0.2) is 31.0 Å². The maximum Gasteiger partial charge on any atom is 0.201 e. The van der Waals surface area contributed by atoms with Gasteiger partial charge >= 0.3 is 0 Å². The highest BCUT2D eigenvalue weighted by molar-refractivity contribution is 6.32. The fraction of sp³-hybridized carbons (Fsp3) is 0.200. The molecule has 1 atom stereocenters. The second-order valence-electron chi connectivity index (χ2n) is 6.53. The van der Waals surface area contributed by atoms with E-state index in [4.69, 9.17) is 17.3 Å². The number of rotatable bonds is 5. The fourth-order valence-corrected chi connectivity index (χ4v) is 3.65. The van der Waals surface area contributed by atoms with Crippen molar-refractivity contribution in [2.75, 3.05) is 6.54 Å². The number of hydrogen-bond donors (Lipinski definition) is 2. The third-order valence-corrected chi connectivity index (χ3v) is 5.06. The van der Waals surface area contributed by atoms with E-state index in [1.54, 1.807) is 15.4 Å². The Morgan fingerprint density at radius 1 is 1.19 bits per heavy atom. The molecule has 0 radical (unpaired) electrons. The van der Waals surface area contributed by atoms with E-state index in [9.17, 15) is 5.11 Å². The van der Waals surface area contributed by atoms with Crippen LogP contribution in [0.3, 0.4) is 0 Å². The maximum absolute atomic E-state index is 10.7. The van der Waals surface area contributed by atoms with Crippen LogP contribution in [-0.2, 0) is 13.5 Å². The topological polar surface area (TPSA) is 81.9 Å². The quantitative estimate of drug-likeness (QED) is 0.554. The molecule has 0 aliphatic rings. The number of fused-ring (bicyclic) bond motifs is 1. The minimum atomic E-state index is -0.0645. The molecule has 0 fully saturated rings. The van der Waals surface area contributed by atoms with Crippen LogP contribution < -0.4 is 5.73 Å². The average Bonchev–Trinajstić information content (AvgIpc) is 3.19.